The molecule has 174 valence electrons. The SMILES string of the molecule is CC(C)(C)OC(=O)N(C/C=C/c1cccc(N)c1)c1ccc2ncc(-c3cccc(N)c3)n2c1. The van der Waals surface area contributed by atoms with Gasteiger partial charge in [-0.15, -0.1) is 0 Å². The average molecular weight is 456 g/mol. The fourth-order valence-electron chi connectivity index (χ4n) is 3.60. The third-order valence-electron chi connectivity index (χ3n) is 5.11. The van der Waals surface area contributed by atoms with E-state index in [0.29, 0.717) is 23.6 Å². The van der Waals surface area contributed by atoms with Gasteiger partial charge in [0.1, 0.15) is 11.2 Å². The molecule has 0 aliphatic heterocycles. The predicted octanol–water partition coefficient (Wildman–Crippen LogP) is 5.62. The Morgan fingerprint density at radius 1 is 1.06 bits per heavy atom. The van der Waals surface area contributed by atoms with E-state index in [2.05, 4.69) is 4.98 Å². The number of aromatic nitrogens is 2. The third kappa shape index (κ3) is 5.38. The minimum atomic E-state index is -0.626. The van der Waals surface area contributed by atoms with Gasteiger partial charge in [-0.05, 0) is 62.7 Å². The Morgan fingerprint density at radius 2 is 1.79 bits per heavy atom. The normalized spacial score (nSPS) is 11.7. The first-order chi connectivity index (χ1) is 16.2. The van der Waals surface area contributed by atoms with E-state index in [1.807, 2.05) is 104 Å². The van der Waals surface area contributed by atoms with Gasteiger partial charge in [-0.3, -0.25) is 9.30 Å². The highest BCUT2D eigenvalue weighted by Gasteiger charge is 2.23. The molecule has 2 aromatic heterocycles. The number of hydrogen-bond donors (Lipinski definition) is 2. The molecule has 1 amide bonds. The summed E-state index contributed by atoms with van der Waals surface area (Å²) in [6.07, 6.45) is 7.09. The lowest BCUT2D eigenvalue weighted by molar-refractivity contribution is 0.0584. The minimum Gasteiger partial charge on any atom is -0.443 e. The van der Waals surface area contributed by atoms with Gasteiger partial charge in [-0.2, -0.15) is 0 Å². The van der Waals surface area contributed by atoms with Crippen LogP contribution in [-0.2, 0) is 4.74 Å². The molecule has 0 aliphatic rings. The van der Waals surface area contributed by atoms with Crippen molar-refractivity contribution in [1.29, 1.82) is 0 Å². The number of hydrogen-bond acceptors (Lipinski definition) is 5. The second kappa shape index (κ2) is 9.31. The summed E-state index contributed by atoms with van der Waals surface area (Å²) in [6, 6.07) is 18.9. The molecule has 0 spiro atoms. The fourth-order valence-corrected chi connectivity index (χ4v) is 3.60. The first kappa shape index (κ1) is 22.9. The number of nitrogen functional groups attached to an aromatic ring is 2. The van der Waals surface area contributed by atoms with Crippen molar-refractivity contribution in [2.45, 2.75) is 26.4 Å². The average Bonchev–Trinajstić information content (AvgIpc) is 3.19. The molecule has 0 radical (unpaired) electrons. The number of nitrogens with two attached hydrogens (primary N) is 2. The van der Waals surface area contributed by atoms with Crippen molar-refractivity contribution >= 4 is 34.9 Å². The monoisotopic (exact) mass is 455 g/mol. The molecular formula is C27H29N5O2. The highest BCUT2D eigenvalue weighted by molar-refractivity contribution is 5.88. The molecule has 0 saturated carbocycles. The van der Waals surface area contributed by atoms with Crippen molar-refractivity contribution in [3.63, 3.8) is 0 Å². The van der Waals surface area contributed by atoms with Crippen molar-refractivity contribution in [1.82, 2.24) is 9.38 Å². The van der Waals surface area contributed by atoms with Crippen LogP contribution in [0.15, 0.2) is 79.1 Å². The lowest BCUT2D eigenvalue weighted by Crippen LogP contribution is -2.37. The lowest BCUT2D eigenvalue weighted by atomic mass is 10.1. The van der Waals surface area contributed by atoms with E-state index < -0.39 is 11.7 Å². The number of nitrogens with zero attached hydrogens (tertiary/aromatic N) is 3. The lowest BCUT2D eigenvalue weighted by Gasteiger charge is -2.27. The van der Waals surface area contributed by atoms with Crippen molar-refractivity contribution in [2.24, 2.45) is 0 Å². The van der Waals surface area contributed by atoms with Crippen LogP contribution in [0.5, 0.6) is 0 Å². The van der Waals surface area contributed by atoms with Crippen LogP contribution in [0.4, 0.5) is 21.9 Å². The topological polar surface area (TPSA) is 98.9 Å². The smallest absolute Gasteiger partial charge is 0.415 e. The van der Waals surface area contributed by atoms with E-state index in [1.54, 1.807) is 11.1 Å². The molecule has 0 bridgehead atoms. The van der Waals surface area contributed by atoms with Gasteiger partial charge in [0.25, 0.3) is 0 Å². The Labute approximate surface area is 199 Å². The predicted molar refractivity (Wildman–Crippen MR) is 139 cm³/mol. The molecule has 4 aromatic rings. The summed E-state index contributed by atoms with van der Waals surface area (Å²) in [5, 5.41) is 0. The number of ether oxygens (including phenoxy) is 1. The molecule has 4 rings (SSSR count). The molecule has 7 nitrogen and oxygen atoms in total. The van der Waals surface area contributed by atoms with Gasteiger partial charge in [0.2, 0.25) is 0 Å². The summed E-state index contributed by atoms with van der Waals surface area (Å²) < 4.78 is 7.64. The highest BCUT2D eigenvalue weighted by atomic mass is 16.6. The van der Waals surface area contributed by atoms with Crippen molar-refractivity contribution in [2.75, 3.05) is 22.9 Å². The number of imidazole rings is 1. The minimum absolute atomic E-state index is 0.317. The van der Waals surface area contributed by atoms with Crippen LogP contribution in [0.3, 0.4) is 0 Å². The summed E-state index contributed by atoms with van der Waals surface area (Å²) in [5.41, 5.74) is 16.8. The quantitative estimate of drug-likeness (QED) is 0.381. The Hall–Kier alpha value is -4.26. The van der Waals surface area contributed by atoms with Crippen LogP contribution in [0.1, 0.15) is 26.3 Å². The standard InChI is InChI=1S/C27H29N5O2/c1-27(2,3)34-26(33)31(14-6-8-19-7-4-10-21(28)15-19)23-12-13-25-30-17-24(32(25)18-23)20-9-5-11-22(29)16-20/h4-13,15-18H,14,28-29H2,1-3H3/b8-6+. The molecular weight excluding hydrogens is 426 g/mol. The first-order valence-corrected chi connectivity index (χ1v) is 11.1. The molecule has 0 atom stereocenters. The van der Waals surface area contributed by atoms with E-state index in [0.717, 1.165) is 22.5 Å². The summed E-state index contributed by atoms with van der Waals surface area (Å²) in [7, 11) is 0. The molecule has 0 aliphatic carbocycles. The third-order valence-corrected chi connectivity index (χ3v) is 5.11. The zero-order valence-electron chi connectivity index (χ0n) is 19.6. The van der Waals surface area contributed by atoms with Crippen LogP contribution in [0.25, 0.3) is 23.0 Å². The molecule has 4 N–H and O–H groups in total. The van der Waals surface area contributed by atoms with Crippen molar-refractivity contribution in [3.8, 4) is 11.3 Å². The molecule has 0 fully saturated rings. The van der Waals surface area contributed by atoms with E-state index in [4.69, 9.17) is 16.2 Å². The molecule has 2 heterocycles. The van der Waals surface area contributed by atoms with Gasteiger partial charge in [-0.25, -0.2) is 9.78 Å². The summed E-state index contributed by atoms with van der Waals surface area (Å²) in [5.74, 6) is 0. The number of carbonyl (C=O) groups is 1. The Morgan fingerprint density at radius 3 is 2.50 bits per heavy atom. The number of amides is 1. The zero-order chi connectivity index (χ0) is 24.3. The fraction of sp³-hybridized carbons (Fsp3) is 0.185. The number of benzene rings is 2. The number of pyridine rings is 1. The van der Waals surface area contributed by atoms with Crippen LogP contribution >= 0.6 is 0 Å². The number of anilines is 3. The van der Waals surface area contributed by atoms with E-state index in [1.165, 1.54) is 0 Å². The first-order valence-electron chi connectivity index (χ1n) is 11.1. The second-order valence-corrected chi connectivity index (χ2v) is 9.05. The van der Waals surface area contributed by atoms with Crippen molar-refractivity contribution in [3.05, 3.63) is 84.7 Å². The van der Waals surface area contributed by atoms with Gasteiger partial charge in [0.15, 0.2) is 0 Å². The number of carbonyl (C=O) groups excluding carboxylic acids is 1. The maximum Gasteiger partial charge on any atom is 0.415 e. The Bertz CT molecular complexity index is 1350. The van der Waals surface area contributed by atoms with Gasteiger partial charge >= 0.3 is 6.09 Å². The van der Waals surface area contributed by atoms with Gasteiger partial charge in [0.05, 0.1) is 17.6 Å². The van der Waals surface area contributed by atoms with Crippen LogP contribution < -0.4 is 16.4 Å². The van der Waals surface area contributed by atoms with E-state index >= 15 is 0 Å². The number of rotatable bonds is 5. The van der Waals surface area contributed by atoms with Gasteiger partial charge in [-0.1, -0.05) is 36.4 Å². The van der Waals surface area contributed by atoms with Crippen molar-refractivity contribution < 1.29 is 9.53 Å². The Balaban J connectivity index is 1.70. The van der Waals surface area contributed by atoms with E-state index in [-0.39, 0.29) is 0 Å². The Kier molecular flexibility index (Phi) is 6.27. The summed E-state index contributed by atoms with van der Waals surface area (Å²) in [6.45, 7) is 5.87. The summed E-state index contributed by atoms with van der Waals surface area (Å²) in [4.78, 5) is 19.2. The van der Waals surface area contributed by atoms with Crippen LogP contribution in [0.2, 0.25) is 0 Å². The molecule has 0 saturated heterocycles. The van der Waals surface area contributed by atoms with E-state index in [9.17, 15) is 4.79 Å². The largest absolute Gasteiger partial charge is 0.443 e. The van der Waals surface area contributed by atoms with Crippen LogP contribution in [0, 0.1) is 0 Å². The van der Waals surface area contributed by atoms with Crippen LogP contribution in [-0.4, -0.2) is 27.6 Å². The zero-order valence-corrected chi connectivity index (χ0v) is 19.6. The molecule has 2 aromatic carbocycles. The molecule has 34 heavy (non-hydrogen) atoms. The van der Waals surface area contributed by atoms with Gasteiger partial charge < -0.3 is 16.2 Å². The summed E-state index contributed by atoms with van der Waals surface area (Å²) >= 11 is 0. The molecule has 0 unspecified atom stereocenters. The van der Waals surface area contributed by atoms with Gasteiger partial charge in [0, 0.05) is 29.7 Å². The maximum atomic E-state index is 13.1. The molecule has 7 heteroatoms. The highest BCUT2D eigenvalue weighted by Crippen LogP contribution is 2.26. The second-order valence-electron chi connectivity index (χ2n) is 9.05. The maximum absolute atomic E-state index is 13.1. The number of fused-ring (bicyclic) bond motifs is 1.